The number of hydrogen-bond acceptors (Lipinski definition) is 2. The van der Waals surface area contributed by atoms with Crippen molar-refractivity contribution in [2.45, 2.75) is 27.7 Å². The van der Waals surface area contributed by atoms with Crippen molar-refractivity contribution in [1.82, 2.24) is 4.90 Å². The van der Waals surface area contributed by atoms with E-state index in [1.54, 1.807) is 0 Å². The number of nitrogens with zero attached hydrogens (tertiary/aromatic N) is 1. The van der Waals surface area contributed by atoms with E-state index in [2.05, 4.69) is 25.7 Å². The fourth-order valence-corrected chi connectivity index (χ4v) is 1.55. The van der Waals surface area contributed by atoms with Crippen molar-refractivity contribution >= 4 is 5.97 Å². The van der Waals surface area contributed by atoms with Crippen LogP contribution < -0.4 is 0 Å². The topological polar surface area (TPSA) is 40.5 Å². The van der Waals surface area contributed by atoms with Gasteiger partial charge in [0.25, 0.3) is 0 Å². The van der Waals surface area contributed by atoms with Crippen LogP contribution in [0.2, 0.25) is 0 Å². The van der Waals surface area contributed by atoms with Crippen molar-refractivity contribution in [3.05, 3.63) is 11.6 Å². The van der Waals surface area contributed by atoms with E-state index < -0.39 is 5.97 Å². The van der Waals surface area contributed by atoms with Crippen LogP contribution >= 0.6 is 0 Å². The van der Waals surface area contributed by atoms with Gasteiger partial charge in [0.1, 0.15) is 0 Å². The zero-order valence-electron chi connectivity index (χ0n) is 9.79. The first kappa shape index (κ1) is 13.2. The van der Waals surface area contributed by atoms with Crippen LogP contribution in [-0.4, -0.2) is 36.1 Å². The maximum absolute atomic E-state index is 10.4. The molecule has 0 atom stereocenters. The van der Waals surface area contributed by atoms with Gasteiger partial charge in [0.05, 0.1) is 0 Å². The van der Waals surface area contributed by atoms with Gasteiger partial charge in [-0.15, -0.1) is 0 Å². The molecule has 0 spiro atoms. The molecule has 0 aliphatic heterocycles. The predicted molar refractivity (Wildman–Crippen MR) is 58.3 cm³/mol. The second-order valence-corrected chi connectivity index (χ2v) is 5.06. The second-order valence-electron chi connectivity index (χ2n) is 5.06. The minimum Gasteiger partial charge on any atom is -0.478 e. The lowest BCUT2D eigenvalue weighted by atomic mass is 9.96. The zero-order chi connectivity index (χ0) is 11.4. The molecule has 0 saturated carbocycles. The highest BCUT2D eigenvalue weighted by atomic mass is 16.4. The predicted octanol–water partition coefficient (Wildman–Crippen LogP) is 2.00. The molecule has 0 aromatic rings. The minimum atomic E-state index is -0.869. The van der Waals surface area contributed by atoms with Crippen LogP contribution in [0.3, 0.4) is 0 Å². The summed E-state index contributed by atoms with van der Waals surface area (Å²) >= 11 is 0. The Hall–Kier alpha value is -0.830. The highest BCUT2D eigenvalue weighted by Crippen LogP contribution is 2.14. The monoisotopic (exact) mass is 199 g/mol. The lowest BCUT2D eigenvalue weighted by Crippen LogP contribution is -2.30. The van der Waals surface area contributed by atoms with E-state index in [1.807, 2.05) is 14.0 Å². The molecule has 3 nitrogen and oxygen atoms in total. The van der Waals surface area contributed by atoms with Crippen molar-refractivity contribution in [3.8, 4) is 0 Å². The van der Waals surface area contributed by atoms with E-state index in [1.165, 1.54) is 6.08 Å². The Morgan fingerprint density at radius 1 is 1.43 bits per heavy atom. The molecule has 0 fully saturated rings. The SMILES string of the molecule is CC(=CC(=O)O)CN(C)CC(C)(C)C. The number of likely N-dealkylation sites (N-methyl/N-ethyl adjacent to an activating group) is 1. The van der Waals surface area contributed by atoms with Crippen LogP contribution in [0.1, 0.15) is 27.7 Å². The van der Waals surface area contributed by atoms with Crippen LogP contribution in [-0.2, 0) is 4.79 Å². The fourth-order valence-electron chi connectivity index (χ4n) is 1.55. The zero-order valence-corrected chi connectivity index (χ0v) is 9.79. The number of carboxylic acid groups (broad SMARTS) is 1. The summed E-state index contributed by atoms with van der Waals surface area (Å²) in [6, 6.07) is 0. The quantitative estimate of drug-likeness (QED) is 0.704. The van der Waals surface area contributed by atoms with Gasteiger partial charge in [-0.05, 0) is 19.4 Å². The van der Waals surface area contributed by atoms with Gasteiger partial charge in [0, 0.05) is 19.2 Å². The summed E-state index contributed by atoms with van der Waals surface area (Å²) in [4.78, 5) is 12.5. The highest BCUT2D eigenvalue weighted by Gasteiger charge is 2.13. The fraction of sp³-hybridized carbons (Fsp3) is 0.727. The Morgan fingerprint density at radius 3 is 2.29 bits per heavy atom. The third-order valence-electron chi connectivity index (χ3n) is 1.63. The van der Waals surface area contributed by atoms with Crippen LogP contribution in [0.5, 0.6) is 0 Å². The number of aliphatic carboxylic acids is 1. The standard InChI is InChI=1S/C11H21NO2/c1-9(6-10(13)14)7-12(5)8-11(2,3)4/h6H,7-8H2,1-5H3,(H,13,14). The minimum absolute atomic E-state index is 0.248. The van der Waals surface area contributed by atoms with E-state index in [0.717, 1.165) is 12.1 Å². The first-order valence-electron chi connectivity index (χ1n) is 4.79. The average Bonchev–Trinajstić information content (AvgIpc) is 1.77. The van der Waals surface area contributed by atoms with E-state index in [4.69, 9.17) is 5.11 Å². The van der Waals surface area contributed by atoms with Crippen LogP contribution in [0.25, 0.3) is 0 Å². The van der Waals surface area contributed by atoms with E-state index in [0.29, 0.717) is 6.54 Å². The smallest absolute Gasteiger partial charge is 0.328 e. The molecule has 1 N–H and O–H groups in total. The molecule has 0 aliphatic carbocycles. The third-order valence-corrected chi connectivity index (χ3v) is 1.63. The Labute approximate surface area is 86.4 Å². The number of carboxylic acids is 1. The van der Waals surface area contributed by atoms with E-state index in [-0.39, 0.29) is 5.41 Å². The Bertz CT molecular complexity index is 226. The first-order valence-corrected chi connectivity index (χ1v) is 4.79. The Kier molecular flexibility index (Phi) is 4.85. The Morgan fingerprint density at radius 2 is 1.93 bits per heavy atom. The molecule has 0 aromatic carbocycles. The Balaban J connectivity index is 4.07. The van der Waals surface area contributed by atoms with E-state index in [9.17, 15) is 4.79 Å². The molecule has 14 heavy (non-hydrogen) atoms. The molecule has 0 saturated heterocycles. The second kappa shape index (κ2) is 5.15. The number of rotatable bonds is 4. The molecule has 0 heterocycles. The van der Waals surface area contributed by atoms with Crippen molar-refractivity contribution in [2.75, 3.05) is 20.1 Å². The molecular weight excluding hydrogens is 178 g/mol. The molecule has 0 unspecified atom stereocenters. The maximum atomic E-state index is 10.4. The molecule has 82 valence electrons. The normalized spacial score (nSPS) is 13.4. The molecule has 0 bridgehead atoms. The molecule has 0 rings (SSSR count). The first-order chi connectivity index (χ1) is 6.20. The van der Waals surface area contributed by atoms with Gasteiger partial charge < -0.3 is 10.0 Å². The summed E-state index contributed by atoms with van der Waals surface area (Å²) in [5, 5.41) is 8.53. The molecule has 0 amide bonds. The van der Waals surface area contributed by atoms with Crippen LogP contribution in [0.4, 0.5) is 0 Å². The van der Waals surface area contributed by atoms with E-state index >= 15 is 0 Å². The number of hydrogen-bond donors (Lipinski definition) is 1. The van der Waals surface area contributed by atoms with Gasteiger partial charge in [-0.3, -0.25) is 0 Å². The van der Waals surface area contributed by atoms with Gasteiger partial charge in [0.2, 0.25) is 0 Å². The maximum Gasteiger partial charge on any atom is 0.328 e. The molecule has 0 radical (unpaired) electrons. The summed E-state index contributed by atoms with van der Waals surface area (Å²) in [6.07, 6.45) is 1.26. The lowest BCUT2D eigenvalue weighted by molar-refractivity contribution is -0.131. The molecule has 3 heteroatoms. The summed E-state index contributed by atoms with van der Waals surface area (Å²) < 4.78 is 0. The molecular formula is C11H21NO2. The number of carbonyl (C=O) groups is 1. The largest absolute Gasteiger partial charge is 0.478 e. The van der Waals surface area contributed by atoms with Crippen molar-refractivity contribution in [1.29, 1.82) is 0 Å². The van der Waals surface area contributed by atoms with Crippen molar-refractivity contribution < 1.29 is 9.90 Å². The summed E-state index contributed by atoms with van der Waals surface area (Å²) in [6.45, 7) is 10.0. The van der Waals surface area contributed by atoms with Crippen LogP contribution in [0, 0.1) is 5.41 Å². The summed E-state index contributed by atoms with van der Waals surface area (Å²) in [5.41, 5.74) is 1.13. The van der Waals surface area contributed by atoms with Crippen LogP contribution in [0.15, 0.2) is 11.6 Å². The van der Waals surface area contributed by atoms with Crippen molar-refractivity contribution in [2.24, 2.45) is 5.41 Å². The van der Waals surface area contributed by atoms with Gasteiger partial charge >= 0.3 is 5.97 Å². The third kappa shape index (κ3) is 7.80. The molecule has 0 aromatic heterocycles. The van der Waals surface area contributed by atoms with Crippen molar-refractivity contribution in [3.63, 3.8) is 0 Å². The van der Waals surface area contributed by atoms with Gasteiger partial charge in [0.15, 0.2) is 0 Å². The van der Waals surface area contributed by atoms with Gasteiger partial charge in [-0.2, -0.15) is 0 Å². The lowest BCUT2D eigenvalue weighted by Gasteiger charge is -2.26. The molecule has 0 aliphatic rings. The highest BCUT2D eigenvalue weighted by molar-refractivity contribution is 5.80. The average molecular weight is 199 g/mol. The van der Waals surface area contributed by atoms with Gasteiger partial charge in [-0.25, -0.2) is 4.79 Å². The van der Waals surface area contributed by atoms with Gasteiger partial charge in [-0.1, -0.05) is 26.3 Å². The summed E-state index contributed by atoms with van der Waals surface area (Å²) in [7, 11) is 2.00. The summed E-state index contributed by atoms with van der Waals surface area (Å²) in [5.74, 6) is -0.869.